The summed E-state index contributed by atoms with van der Waals surface area (Å²) in [6, 6.07) is 18.0. The van der Waals surface area contributed by atoms with Crippen molar-refractivity contribution in [3.63, 3.8) is 0 Å². The van der Waals surface area contributed by atoms with E-state index in [4.69, 9.17) is 0 Å². The maximum absolute atomic E-state index is 13.8. The lowest BCUT2D eigenvalue weighted by atomic mass is 9.85. The average Bonchev–Trinajstić information content (AvgIpc) is 3.44. The predicted octanol–water partition coefficient (Wildman–Crippen LogP) is 5.46. The first-order valence-electron chi connectivity index (χ1n) is 12.7. The van der Waals surface area contributed by atoms with E-state index >= 15 is 0 Å². The highest BCUT2D eigenvalue weighted by atomic mass is 16.2. The zero-order valence-corrected chi connectivity index (χ0v) is 19.3. The summed E-state index contributed by atoms with van der Waals surface area (Å²) in [4.78, 5) is 22.8. The van der Waals surface area contributed by atoms with Crippen LogP contribution in [0.4, 0.5) is 0 Å². The number of piperidine rings is 1. The Morgan fingerprint density at radius 3 is 2.55 bits per heavy atom. The van der Waals surface area contributed by atoms with Crippen molar-refractivity contribution in [2.24, 2.45) is 5.92 Å². The number of hydrogen-bond acceptors (Lipinski definition) is 3. The van der Waals surface area contributed by atoms with E-state index in [1.54, 1.807) is 0 Å². The molecule has 3 aliphatic heterocycles. The monoisotopic (exact) mass is 439 g/mol. The van der Waals surface area contributed by atoms with Crippen molar-refractivity contribution >= 4 is 16.7 Å². The molecular weight excluding hydrogens is 406 g/mol. The van der Waals surface area contributed by atoms with E-state index in [0.717, 1.165) is 57.3 Å². The summed E-state index contributed by atoms with van der Waals surface area (Å²) in [6.45, 7) is 3.22. The summed E-state index contributed by atoms with van der Waals surface area (Å²) in [7, 11) is 0. The number of amides is 1. The van der Waals surface area contributed by atoms with E-state index in [9.17, 15) is 4.79 Å². The molecule has 3 aromatic rings. The first kappa shape index (κ1) is 20.9. The lowest BCUT2D eigenvalue weighted by Gasteiger charge is -2.39. The minimum atomic E-state index is 0.272. The van der Waals surface area contributed by atoms with Gasteiger partial charge in [0.2, 0.25) is 0 Å². The zero-order valence-electron chi connectivity index (χ0n) is 19.3. The standard InChI is InChI=1S/C29H33N3O/c33-29(28-6-2-1-5-25(28)20-31-13-3-4-14-31)32-26-9-10-27(32)18-22(17-26)15-21-7-8-24-19-30-12-11-23(24)16-21/h1-2,5-8,11-12,16,19,22,26-27H,3-4,9-10,13-15,17-18,20H2/t26-,27-/m0/s1. The van der Waals surface area contributed by atoms with Crippen LogP contribution in [0.1, 0.15) is 60.0 Å². The molecule has 0 N–H and O–H groups in total. The van der Waals surface area contributed by atoms with Crippen LogP contribution in [0, 0.1) is 5.92 Å². The first-order valence-corrected chi connectivity index (χ1v) is 12.7. The minimum absolute atomic E-state index is 0.272. The minimum Gasteiger partial charge on any atom is -0.333 e. The summed E-state index contributed by atoms with van der Waals surface area (Å²) in [5, 5.41) is 2.47. The Morgan fingerprint density at radius 1 is 0.939 bits per heavy atom. The number of benzene rings is 2. The number of carbonyl (C=O) groups excluding carboxylic acids is 1. The maximum atomic E-state index is 13.8. The van der Waals surface area contributed by atoms with Crippen molar-refractivity contribution in [2.45, 2.75) is 63.6 Å². The van der Waals surface area contributed by atoms with Gasteiger partial charge in [-0.2, -0.15) is 0 Å². The molecule has 170 valence electrons. The van der Waals surface area contributed by atoms with Gasteiger partial charge in [0.15, 0.2) is 0 Å². The molecular formula is C29H33N3O. The van der Waals surface area contributed by atoms with Crippen molar-refractivity contribution in [1.82, 2.24) is 14.8 Å². The van der Waals surface area contributed by atoms with Crippen LogP contribution in [-0.2, 0) is 13.0 Å². The van der Waals surface area contributed by atoms with Gasteiger partial charge >= 0.3 is 0 Å². The molecule has 0 unspecified atom stereocenters. The Kier molecular flexibility index (Phi) is 5.63. The third-order valence-electron chi connectivity index (χ3n) is 8.13. The summed E-state index contributed by atoms with van der Waals surface area (Å²) >= 11 is 0. The third kappa shape index (κ3) is 4.17. The number of hydrogen-bond donors (Lipinski definition) is 0. The summed E-state index contributed by atoms with van der Waals surface area (Å²) in [6.07, 6.45) is 12.1. The molecule has 2 atom stereocenters. The quantitative estimate of drug-likeness (QED) is 0.530. The van der Waals surface area contributed by atoms with Crippen molar-refractivity contribution in [2.75, 3.05) is 13.1 Å². The molecule has 2 bridgehead atoms. The molecule has 6 rings (SSSR count). The molecule has 33 heavy (non-hydrogen) atoms. The number of pyridine rings is 1. The van der Waals surface area contributed by atoms with Crippen molar-refractivity contribution in [3.8, 4) is 0 Å². The van der Waals surface area contributed by atoms with Crippen LogP contribution in [0.2, 0.25) is 0 Å². The molecule has 1 aromatic heterocycles. The van der Waals surface area contributed by atoms with Crippen molar-refractivity contribution in [3.05, 3.63) is 77.6 Å². The van der Waals surface area contributed by atoms with E-state index in [-0.39, 0.29) is 5.91 Å². The second kappa shape index (κ2) is 8.90. The number of rotatable bonds is 5. The topological polar surface area (TPSA) is 36.4 Å². The van der Waals surface area contributed by atoms with E-state index < -0.39 is 0 Å². The Bertz CT molecular complexity index is 1140. The lowest BCUT2D eigenvalue weighted by molar-refractivity contribution is 0.0522. The Labute approximate surface area is 196 Å². The van der Waals surface area contributed by atoms with Gasteiger partial charge in [0.05, 0.1) is 0 Å². The highest BCUT2D eigenvalue weighted by Crippen LogP contribution is 2.41. The second-order valence-electron chi connectivity index (χ2n) is 10.3. The SMILES string of the molecule is O=C(c1ccccc1CN1CCCC1)N1[C@H]2CC[C@H]1CC(Cc1ccc3cnccc3c1)C2. The van der Waals surface area contributed by atoms with E-state index in [2.05, 4.69) is 57.2 Å². The van der Waals surface area contributed by atoms with Crippen LogP contribution in [-0.4, -0.2) is 45.9 Å². The van der Waals surface area contributed by atoms with Gasteiger partial charge in [-0.25, -0.2) is 0 Å². The summed E-state index contributed by atoms with van der Waals surface area (Å²) in [5.41, 5.74) is 3.55. The van der Waals surface area contributed by atoms with Crippen molar-refractivity contribution < 1.29 is 4.79 Å². The second-order valence-corrected chi connectivity index (χ2v) is 10.3. The number of likely N-dealkylation sites (tertiary alicyclic amines) is 1. The van der Waals surface area contributed by atoms with Gasteiger partial charge in [-0.05, 0) is 92.6 Å². The van der Waals surface area contributed by atoms with Crippen LogP contribution in [0.5, 0.6) is 0 Å². The fourth-order valence-electron chi connectivity index (χ4n) is 6.57. The number of fused-ring (bicyclic) bond motifs is 3. The maximum Gasteiger partial charge on any atom is 0.254 e. The fraction of sp³-hybridized carbons (Fsp3) is 0.448. The summed E-state index contributed by atoms with van der Waals surface area (Å²) in [5.74, 6) is 0.930. The van der Waals surface area contributed by atoms with Gasteiger partial charge < -0.3 is 4.90 Å². The Balaban J connectivity index is 1.17. The van der Waals surface area contributed by atoms with E-state index in [1.807, 2.05) is 18.5 Å². The van der Waals surface area contributed by atoms with E-state index in [0.29, 0.717) is 18.0 Å². The largest absolute Gasteiger partial charge is 0.333 e. The van der Waals surface area contributed by atoms with Gasteiger partial charge in [-0.3, -0.25) is 14.7 Å². The highest BCUT2D eigenvalue weighted by molar-refractivity contribution is 5.96. The third-order valence-corrected chi connectivity index (χ3v) is 8.13. The predicted molar refractivity (Wildman–Crippen MR) is 132 cm³/mol. The molecule has 0 spiro atoms. The molecule has 4 heteroatoms. The average molecular weight is 440 g/mol. The van der Waals surface area contributed by atoms with E-state index in [1.165, 1.54) is 34.7 Å². The molecule has 3 aliphatic rings. The van der Waals surface area contributed by atoms with Crippen LogP contribution in [0.3, 0.4) is 0 Å². The molecule has 4 nitrogen and oxygen atoms in total. The van der Waals surface area contributed by atoms with Gasteiger partial charge in [0.1, 0.15) is 0 Å². The van der Waals surface area contributed by atoms with Gasteiger partial charge in [0, 0.05) is 42.0 Å². The normalized spacial score (nSPS) is 25.1. The molecule has 4 heterocycles. The lowest BCUT2D eigenvalue weighted by Crippen LogP contribution is -2.47. The molecule has 2 aromatic carbocycles. The van der Waals surface area contributed by atoms with Crippen LogP contribution in [0.25, 0.3) is 10.8 Å². The van der Waals surface area contributed by atoms with Crippen LogP contribution in [0.15, 0.2) is 60.9 Å². The van der Waals surface area contributed by atoms with Gasteiger partial charge in [-0.15, -0.1) is 0 Å². The first-order chi connectivity index (χ1) is 16.2. The molecule has 3 saturated heterocycles. The van der Waals surface area contributed by atoms with Crippen molar-refractivity contribution in [1.29, 1.82) is 0 Å². The number of nitrogens with zero attached hydrogens (tertiary/aromatic N) is 3. The highest BCUT2D eigenvalue weighted by Gasteiger charge is 2.43. The van der Waals surface area contributed by atoms with Gasteiger partial charge in [0.25, 0.3) is 5.91 Å². The van der Waals surface area contributed by atoms with Gasteiger partial charge in [-0.1, -0.05) is 36.4 Å². The molecule has 0 radical (unpaired) electrons. The molecule has 0 saturated carbocycles. The Morgan fingerprint density at radius 2 is 1.73 bits per heavy atom. The smallest absolute Gasteiger partial charge is 0.254 e. The Hall–Kier alpha value is -2.72. The molecule has 0 aliphatic carbocycles. The fourth-order valence-corrected chi connectivity index (χ4v) is 6.57. The van der Waals surface area contributed by atoms with Crippen LogP contribution < -0.4 is 0 Å². The number of carbonyl (C=O) groups is 1. The summed E-state index contributed by atoms with van der Waals surface area (Å²) < 4.78 is 0. The molecule has 3 fully saturated rings. The zero-order chi connectivity index (χ0) is 22.2. The van der Waals surface area contributed by atoms with Crippen LogP contribution >= 0.6 is 0 Å². The molecule has 1 amide bonds. The number of aromatic nitrogens is 1.